The Morgan fingerprint density at radius 1 is 1.08 bits per heavy atom. The highest BCUT2D eigenvalue weighted by Crippen LogP contribution is 2.25. The van der Waals surface area contributed by atoms with Crippen LogP contribution in [0.15, 0.2) is 62.3 Å². The highest BCUT2D eigenvalue weighted by Gasteiger charge is 2.13. The molecule has 0 fully saturated rings. The molecule has 1 N–H and O–H groups in total. The Kier molecular flexibility index (Phi) is 9.35. The maximum Gasteiger partial charge on any atom is 0.339 e. The van der Waals surface area contributed by atoms with E-state index in [1.807, 2.05) is 43.3 Å². The Morgan fingerprint density at radius 3 is 2.65 bits per heavy atom. The van der Waals surface area contributed by atoms with Gasteiger partial charge in [-0.1, -0.05) is 47.3 Å². The van der Waals surface area contributed by atoms with Gasteiger partial charge in [0.1, 0.15) is 42.1 Å². The van der Waals surface area contributed by atoms with Crippen LogP contribution in [0.1, 0.15) is 49.4 Å². The predicted molar refractivity (Wildman–Crippen MR) is 145 cm³/mol. The largest absolute Gasteiger partial charge is 0.491 e. The van der Waals surface area contributed by atoms with Gasteiger partial charge in [0.05, 0.1) is 12.7 Å². The second-order valence-electron chi connectivity index (χ2n) is 9.10. The first-order chi connectivity index (χ1) is 17.9. The Hall–Kier alpha value is -3.17. The van der Waals surface area contributed by atoms with Crippen molar-refractivity contribution in [3.63, 3.8) is 0 Å². The lowest BCUT2D eigenvalue weighted by Gasteiger charge is -2.13. The molecule has 2 aromatic heterocycles. The number of aromatic nitrogens is 3. The Bertz CT molecular complexity index is 1370. The van der Waals surface area contributed by atoms with E-state index < -0.39 is 6.10 Å². The lowest BCUT2D eigenvalue weighted by molar-refractivity contribution is 0.0888. The van der Waals surface area contributed by atoms with Crippen molar-refractivity contribution < 1.29 is 19.0 Å². The van der Waals surface area contributed by atoms with Gasteiger partial charge in [-0.3, -0.25) is 0 Å². The van der Waals surface area contributed by atoms with E-state index >= 15 is 0 Å². The average molecular weight is 570 g/mol. The molecule has 1 unspecified atom stereocenters. The van der Waals surface area contributed by atoms with Gasteiger partial charge in [-0.2, -0.15) is 0 Å². The molecular formula is C28H32BrN3O5. The van der Waals surface area contributed by atoms with Crippen molar-refractivity contribution in [3.8, 4) is 11.5 Å². The number of halogens is 1. The first kappa shape index (κ1) is 26.9. The molecule has 0 bridgehead atoms. The molecule has 2 aromatic carbocycles. The minimum Gasteiger partial charge on any atom is -0.491 e. The highest BCUT2D eigenvalue weighted by atomic mass is 79.9. The summed E-state index contributed by atoms with van der Waals surface area (Å²) in [6.45, 7) is 4.68. The molecule has 37 heavy (non-hydrogen) atoms. The first-order valence-electron chi connectivity index (χ1n) is 12.6. The van der Waals surface area contributed by atoms with Crippen molar-refractivity contribution in [2.24, 2.45) is 0 Å². The molecule has 4 aromatic rings. The van der Waals surface area contributed by atoms with E-state index in [9.17, 15) is 9.90 Å². The van der Waals surface area contributed by atoms with E-state index in [4.69, 9.17) is 13.9 Å². The number of hydrogen-bond acceptors (Lipinski definition) is 7. The Balaban J connectivity index is 1.30. The van der Waals surface area contributed by atoms with Crippen LogP contribution in [-0.4, -0.2) is 32.8 Å². The fraction of sp³-hybridized carbons (Fsp3) is 0.393. The number of benzene rings is 2. The van der Waals surface area contributed by atoms with Crippen molar-refractivity contribution in [3.05, 3.63) is 80.4 Å². The number of nitrogens with zero attached hydrogens (tertiary/aromatic N) is 3. The van der Waals surface area contributed by atoms with Crippen LogP contribution >= 0.6 is 15.9 Å². The van der Waals surface area contributed by atoms with E-state index in [-0.39, 0.29) is 25.4 Å². The second-order valence-corrected chi connectivity index (χ2v) is 10.0. The van der Waals surface area contributed by atoms with Gasteiger partial charge in [-0.15, -0.1) is 5.10 Å². The maximum atomic E-state index is 12.6. The zero-order valence-electron chi connectivity index (χ0n) is 21.2. The molecule has 4 rings (SSSR count). The van der Waals surface area contributed by atoms with Crippen LogP contribution in [0.3, 0.4) is 0 Å². The van der Waals surface area contributed by atoms with Crippen LogP contribution in [0.4, 0.5) is 0 Å². The van der Waals surface area contributed by atoms with Crippen molar-refractivity contribution in [1.82, 2.24) is 15.0 Å². The van der Waals surface area contributed by atoms with E-state index in [1.54, 1.807) is 16.9 Å². The van der Waals surface area contributed by atoms with E-state index in [0.29, 0.717) is 17.0 Å². The molecule has 0 aliphatic heterocycles. The smallest absolute Gasteiger partial charge is 0.339 e. The molecule has 2 heterocycles. The van der Waals surface area contributed by atoms with Crippen molar-refractivity contribution >= 4 is 26.9 Å². The monoisotopic (exact) mass is 569 g/mol. The Labute approximate surface area is 224 Å². The first-order valence-corrected chi connectivity index (χ1v) is 13.4. The van der Waals surface area contributed by atoms with Crippen molar-refractivity contribution in [2.75, 3.05) is 6.61 Å². The van der Waals surface area contributed by atoms with E-state index in [1.165, 1.54) is 6.42 Å². The van der Waals surface area contributed by atoms with Gasteiger partial charge in [0.25, 0.3) is 0 Å². The van der Waals surface area contributed by atoms with Crippen molar-refractivity contribution in [2.45, 2.75) is 65.2 Å². The lowest BCUT2D eigenvalue weighted by atomic mass is 10.0. The quantitative estimate of drug-likeness (QED) is 0.165. The molecule has 196 valence electrons. The molecule has 9 heteroatoms. The van der Waals surface area contributed by atoms with Gasteiger partial charge in [0.2, 0.25) is 0 Å². The van der Waals surface area contributed by atoms with E-state index in [2.05, 4.69) is 33.2 Å². The summed E-state index contributed by atoms with van der Waals surface area (Å²) >= 11 is 3.39. The number of fused-ring (bicyclic) bond motifs is 1. The zero-order valence-corrected chi connectivity index (χ0v) is 22.7. The summed E-state index contributed by atoms with van der Waals surface area (Å²) in [5.41, 5.74) is 2.56. The zero-order chi connectivity index (χ0) is 26.2. The maximum absolute atomic E-state index is 12.6. The summed E-state index contributed by atoms with van der Waals surface area (Å²) < 4.78 is 19.6. The molecular weight excluding hydrogens is 538 g/mol. The summed E-state index contributed by atoms with van der Waals surface area (Å²) in [5.74, 6) is 1.25. The summed E-state index contributed by atoms with van der Waals surface area (Å²) in [5, 5.41) is 19.5. The van der Waals surface area contributed by atoms with Crippen LogP contribution < -0.4 is 15.1 Å². The minimum absolute atomic E-state index is 0.0504. The topological polar surface area (TPSA) is 99.6 Å². The number of hydrogen-bond donors (Lipinski definition) is 1. The summed E-state index contributed by atoms with van der Waals surface area (Å²) in [7, 11) is 0. The van der Waals surface area contributed by atoms with Crippen LogP contribution in [0.5, 0.6) is 11.5 Å². The second kappa shape index (κ2) is 12.9. The van der Waals surface area contributed by atoms with Crippen LogP contribution in [0.2, 0.25) is 0 Å². The van der Waals surface area contributed by atoms with Crippen LogP contribution in [0, 0.1) is 6.92 Å². The number of aryl methyl sites for hydroxylation is 1. The van der Waals surface area contributed by atoms with Gasteiger partial charge < -0.3 is 19.0 Å². The summed E-state index contributed by atoms with van der Waals surface area (Å²) in [4.78, 5) is 12.6. The standard InChI is InChI=1S/C28H32BrN3O5/c1-3-4-5-6-7-26-19(2)25-13-12-24(14-27(25)37-28(26)34)36-18-22(33)16-32-15-21(30-31-32)17-35-23-10-8-20(29)9-11-23/h8-15,22,33H,3-7,16-18H2,1-2H3. The van der Waals surface area contributed by atoms with Gasteiger partial charge in [-0.05, 0) is 61.7 Å². The average Bonchev–Trinajstić information content (AvgIpc) is 3.33. The predicted octanol–water partition coefficient (Wildman–Crippen LogP) is 5.60. The number of aliphatic hydroxyl groups excluding tert-OH is 1. The molecule has 0 radical (unpaired) electrons. The molecule has 0 saturated heterocycles. The van der Waals surface area contributed by atoms with Gasteiger partial charge in [0, 0.05) is 21.5 Å². The molecule has 1 atom stereocenters. The number of aliphatic hydroxyl groups is 1. The van der Waals surface area contributed by atoms with Gasteiger partial charge in [0.15, 0.2) is 0 Å². The normalized spacial score (nSPS) is 12.1. The molecule has 0 aliphatic rings. The van der Waals surface area contributed by atoms with Gasteiger partial charge >= 0.3 is 5.63 Å². The van der Waals surface area contributed by atoms with Crippen LogP contribution in [0.25, 0.3) is 11.0 Å². The third kappa shape index (κ3) is 7.42. The fourth-order valence-corrected chi connectivity index (χ4v) is 4.39. The summed E-state index contributed by atoms with van der Waals surface area (Å²) in [6, 6.07) is 13.0. The van der Waals surface area contributed by atoms with E-state index in [0.717, 1.165) is 52.4 Å². The van der Waals surface area contributed by atoms with Gasteiger partial charge in [-0.25, -0.2) is 9.48 Å². The molecule has 0 spiro atoms. The summed E-state index contributed by atoms with van der Waals surface area (Å²) in [6.07, 6.45) is 6.07. The number of unbranched alkanes of at least 4 members (excludes halogenated alkanes) is 3. The number of ether oxygens (including phenoxy) is 2. The van der Waals surface area contributed by atoms with Crippen LogP contribution in [-0.2, 0) is 19.6 Å². The highest BCUT2D eigenvalue weighted by molar-refractivity contribution is 9.10. The molecule has 0 amide bonds. The van der Waals surface area contributed by atoms with Crippen molar-refractivity contribution in [1.29, 1.82) is 0 Å². The number of rotatable bonds is 13. The molecule has 0 aliphatic carbocycles. The molecule has 0 saturated carbocycles. The third-order valence-electron chi connectivity index (χ3n) is 6.17. The fourth-order valence-electron chi connectivity index (χ4n) is 4.12. The lowest BCUT2D eigenvalue weighted by Crippen LogP contribution is -2.24. The SMILES string of the molecule is CCCCCCc1c(C)c2ccc(OCC(O)Cn3cc(COc4ccc(Br)cc4)nn3)cc2oc1=O. The minimum atomic E-state index is -0.808. The Morgan fingerprint density at radius 2 is 1.86 bits per heavy atom. The molecule has 8 nitrogen and oxygen atoms in total. The third-order valence-corrected chi connectivity index (χ3v) is 6.69.